The van der Waals surface area contributed by atoms with Gasteiger partial charge >= 0.3 is 19.8 Å². The molecule has 0 saturated carbocycles. The van der Waals surface area contributed by atoms with E-state index in [9.17, 15) is 14.2 Å². The van der Waals surface area contributed by atoms with Gasteiger partial charge in [-0.1, -0.05) is 251 Å². The molecule has 0 aromatic heterocycles. The zero-order valence-corrected chi connectivity index (χ0v) is 38.7. The van der Waals surface area contributed by atoms with Crippen molar-refractivity contribution >= 4 is 19.8 Å². The molecule has 2 N–H and O–H groups in total. The Bertz CT molecular complexity index is 894. The Morgan fingerprint density at radius 3 is 0.895 bits per heavy atom. The second-order valence-corrected chi connectivity index (χ2v) is 18.4. The second kappa shape index (κ2) is 44.6. The first-order valence-corrected chi connectivity index (χ1v) is 26.4. The molecule has 0 aliphatic rings. The lowest BCUT2D eigenvalue weighted by atomic mass is 10.0. The molecule has 0 aliphatic heterocycles. The van der Waals surface area contributed by atoms with Gasteiger partial charge < -0.3 is 19.3 Å². The number of carbonyl (C=O) groups is 2. The molecule has 0 aliphatic carbocycles. The summed E-state index contributed by atoms with van der Waals surface area (Å²) in [5.74, 6) is -0.862. The Morgan fingerprint density at radius 1 is 0.386 bits per heavy atom. The van der Waals surface area contributed by atoms with Crippen LogP contribution in [0.25, 0.3) is 0 Å². The highest BCUT2D eigenvalue weighted by Gasteiger charge is 2.23. The lowest BCUT2D eigenvalue weighted by Crippen LogP contribution is -2.29. The minimum absolute atomic E-state index is 0.221. The molecule has 0 saturated heterocycles. The molecular formula is C48H95O8P. The lowest BCUT2D eigenvalue weighted by Gasteiger charge is -2.18. The molecular weight excluding hydrogens is 735 g/mol. The fourth-order valence-electron chi connectivity index (χ4n) is 7.67. The standard InChI is InChI=1S/C48H95O8P/c1-3-5-7-9-11-13-15-17-19-21-22-23-24-25-26-27-29-30-32-34-36-38-40-42-47(49)54-44-46(45-55-57(51,52)53)56-48(50)43-41-39-37-35-33-31-28-20-18-16-14-12-10-8-6-4-2/h46H,3-45H2,1-2H3,(H2,51,52,53)/t46-/m1/s1. The number of phosphoric acid groups is 1. The van der Waals surface area contributed by atoms with Crippen LogP contribution in [0.1, 0.15) is 277 Å². The number of unbranched alkanes of at least 4 members (excludes halogenated alkanes) is 37. The average molecular weight is 831 g/mol. The van der Waals surface area contributed by atoms with Crippen LogP contribution in [0.5, 0.6) is 0 Å². The van der Waals surface area contributed by atoms with Crippen molar-refractivity contribution < 1.29 is 37.9 Å². The van der Waals surface area contributed by atoms with Gasteiger partial charge in [-0.05, 0) is 12.8 Å². The number of hydrogen-bond acceptors (Lipinski definition) is 6. The second-order valence-electron chi connectivity index (χ2n) is 17.2. The van der Waals surface area contributed by atoms with E-state index in [2.05, 4.69) is 18.4 Å². The highest BCUT2D eigenvalue weighted by Crippen LogP contribution is 2.36. The number of esters is 2. The van der Waals surface area contributed by atoms with Crippen molar-refractivity contribution in [3.63, 3.8) is 0 Å². The average Bonchev–Trinajstić information content (AvgIpc) is 3.18. The van der Waals surface area contributed by atoms with E-state index in [1.165, 1.54) is 212 Å². The van der Waals surface area contributed by atoms with Crippen molar-refractivity contribution in [2.24, 2.45) is 0 Å². The first kappa shape index (κ1) is 56.0. The molecule has 8 nitrogen and oxygen atoms in total. The van der Waals surface area contributed by atoms with E-state index in [0.29, 0.717) is 6.42 Å². The highest BCUT2D eigenvalue weighted by molar-refractivity contribution is 7.46. The number of phosphoric ester groups is 1. The zero-order chi connectivity index (χ0) is 41.8. The monoisotopic (exact) mass is 831 g/mol. The van der Waals surface area contributed by atoms with E-state index in [0.717, 1.165) is 32.1 Å². The number of rotatable bonds is 47. The van der Waals surface area contributed by atoms with Crippen LogP contribution in [0.15, 0.2) is 0 Å². The number of ether oxygens (including phenoxy) is 2. The van der Waals surface area contributed by atoms with Crippen LogP contribution in [-0.2, 0) is 28.2 Å². The number of hydrogen-bond donors (Lipinski definition) is 2. The molecule has 0 bridgehead atoms. The van der Waals surface area contributed by atoms with Crippen LogP contribution in [0.4, 0.5) is 0 Å². The topological polar surface area (TPSA) is 119 Å². The van der Waals surface area contributed by atoms with E-state index >= 15 is 0 Å². The smallest absolute Gasteiger partial charge is 0.462 e. The van der Waals surface area contributed by atoms with Crippen LogP contribution in [0.2, 0.25) is 0 Å². The minimum Gasteiger partial charge on any atom is -0.462 e. The molecule has 0 aromatic carbocycles. The third kappa shape index (κ3) is 47.6. The highest BCUT2D eigenvalue weighted by atomic mass is 31.2. The van der Waals surface area contributed by atoms with Crippen molar-refractivity contribution in [2.45, 2.75) is 283 Å². The van der Waals surface area contributed by atoms with E-state index in [4.69, 9.17) is 19.3 Å². The van der Waals surface area contributed by atoms with Crippen LogP contribution in [0, 0.1) is 0 Å². The Labute approximate surface area is 353 Å². The van der Waals surface area contributed by atoms with E-state index in [1.807, 2.05) is 0 Å². The largest absolute Gasteiger partial charge is 0.469 e. The predicted octanol–water partition coefficient (Wildman–Crippen LogP) is 15.6. The van der Waals surface area contributed by atoms with Gasteiger partial charge in [0, 0.05) is 12.8 Å². The van der Waals surface area contributed by atoms with Gasteiger partial charge in [0.1, 0.15) is 6.61 Å². The van der Waals surface area contributed by atoms with E-state index < -0.39 is 32.5 Å². The van der Waals surface area contributed by atoms with Crippen LogP contribution in [-0.4, -0.2) is 41.0 Å². The van der Waals surface area contributed by atoms with E-state index in [1.54, 1.807) is 0 Å². The summed E-state index contributed by atoms with van der Waals surface area (Å²) in [5.41, 5.74) is 0. The van der Waals surface area contributed by atoms with Gasteiger partial charge in [0.2, 0.25) is 0 Å². The SMILES string of the molecule is CCCCCCCCCCCCCCCCCCCCCCCCCC(=O)OC[C@H](COP(=O)(O)O)OC(=O)CCCCCCCCCCCCCCCCCC. The van der Waals surface area contributed by atoms with Gasteiger partial charge in [0.25, 0.3) is 0 Å². The number of carbonyl (C=O) groups excluding carboxylic acids is 2. The normalized spacial score (nSPS) is 12.3. The third-order valence-corrected chi connectivity index (χ3v) is 11.9. The van der Waals surface area contributed by atoms with Gasteiger partial charge in [0.05, 0.1) is 6.61 Å². The molecule has 0 fully saturated rings. The summed E-state index contributed by atoms with van der Waals surface area (Å²) in [4.78, 5) is 43.0. The predicted molar refractivity (Wildman–Crippen MR) is 239 cm³/mol. The fraction of sp³-hybridized carbons (Fsp3) is 0.958. The van der Waals surface area contributed by atoms with Gasteiger partial charge in [0.15, 0.2) is 6.10 Å². The Kier molecular flexibility index (Phi) is 43.9. The maximum atomic E-state index is 12.4. The Hall–Kier alpha value is -0.950. The summed E-state index contributed by atoms with van der Waals surface area (Å²) < 4.78 is 26.5. The van der Waals surface area contributed by atoms with Crippen molar-refractivity contribution in [1.82, 2.24) is 0 Å². The Morgan fingerprint density at radius 2 is 0.632 bits per heavy atom. The molecule has 1 atom stereocenters. The molecule has 0 radical (unpaired) electrons. The zero-order valence-electron chi connectivity index (χ0n) is 37.8. The van der Waals surface area contributed by atoms with Crippen molar-refractivity contribution in [2.75, 3.05) is 13.2 Å². The van der Waals surface area contributed by atoms with Crippen LogP contribution < -0.4 is 0 Å². The van der Waals surface area contributed by atoms with Gasteiger partial charge in [-0.2, -0.15) is 0 Å². The minimum atomic E-state index is -4.75. The maximum absolute atomic E-state index is 12.4. The quantitative estimate of drug-likeness (QED) is 0.0353. The van der Waals surface area contributed by atoms with Gasteiger partial charge in [-0.15, -0.1) is 0 Å². The molecule has 0 rings (SSSR count). The molecule has 0 unspecified atom stereocenters. The summed E-state index contributed by atoms with van der Waals surface area (Å²) in [6.07, 6.45) is 49.8. The Balaban J connectivity index is 3.75. The first-order chi connectivity index (χ1) is 27.8. The summed E-state index contributed by atoms with van der Waals surface area (Å²) in [6.45, 7) is 3.74. The third-order valence-electron chi connectivity index (χ3n) is 11.4. The van der Waals surface area contributed by atoms with Crippen molar-refractivity contribution in [3.05, 3.63) is 0 Å². The molecule has 0 aromatic rings. The van der Waals surface area contributed by atoms with Crippen LogP contribution >= 0.6 is 7.82 Å². The molecule has 0 heterocycles. The van der Waals surface area contributed by atoms with E-state index in [-0.39, 0.29) is 19.4 Å². The van der Waals surface area contributed by atoms with Crippen molar-refractivity contribution in [1.29, 1.82) is 0 Å². The van der Waals surface area contributed by atoms with Gasteiger partial charge in [-0.3, -0.25) is 14.1 Å². The maximum Gasteiger partial charge on any atom is 0.469 e. The van der Waals surface area contributed by atoms with Crippen molar-refractivity contribution in [3.8, 4) is 0 Å². The molecule has 57 heavy (non-hydrogen) atoms. The summed E-state index contributed by atoms with van der Waals surface area (Å²) in [6, 6.07) is 0. The molecule has 340 valence electrons. The lowest BCUT2D eigenvalue weighted by molar-refractivity contribution is -0.161. The summed E-state index contributed by atoms with van der Waals surface area (Å²) in [7, 11) is -4.75. The fourth-order valence-corrected chi connectivity index (χ4v) is 8.03. The summed E-state index contributed by atoms with van der Waals surface area (Å²) in [5, 5.41) is 0. The summed E-state index contributed by atoms with van der Waals surface area (Å²) >= 11 is 0. The molecule has 0 amide bonds. The molecule has 0 spiro atoms. The first-order valence-electron chi connectivity index (χ1n) is 24.8. The van der Waals surface area contributed by atoms with Gasteiger partial charge in [-0.25, -0.2) is 4.57 Å². The van der Waals surface area contributed by atoms with Crippen LogP contribution in [0.3, 0.4) is 0 Å². The molecule has 9 heteroatoms.